The highest BCUT2D eigenvalue weighted by Gasteiger charge is 2.31. The molecule has 1 aromatic heterocycles. The van der Waals surface area contributed by atoms with E-state index in [2.05, 4.69) is 55.5 Å². The summed E-state index contributed by atoms with van der Waals surface area (Å²) in [4.78, 5) is 9.35. The van der Waals surface area contributed by atoms with Crippen LogP contribution in [0.2, 0.25) is 0 Å². The number of hydrogen-bond donors (Lipinski definition) is 1. The number of anilines is 1. The molecule has 1 saturated carbocycles. The average Bonchev–Trinajstić information content (AvgIpc) is 2.40. The van der Waals surface area contributed by atoms with E-state index in [9.17, 15) is 0 Å². The van der Waals surface area contributed by atoms with Gasteiger partial charge in [0.1, 0.15) is 11.6 Å². The van der Waals surface area contributed by atoms with Crippen LogP contribution in [-0.4, -0.2) is 9.97 Å². The Hall–Kier alpha value is -0.640. The van der Waals surface area contributed by atoms with Gasteiger partial charge in [0.15, 0.2) is 0 Å². The Bertz CT molecular complexity index is 497. The van der Waals surface area contributed by atoms with Crippen LogP contribution in [0.15, 0.2) is 4.47 Å². The van der Waals surface area contributed by atoms with Crippen LogP contribution in [-0.2, 0) is 0 Å². The highest BCUT2D eigenvalue weighted by Crippen LogP contribution is 2.43. The average molecular weight is 354 g/mol. The van der Waals surface area contributed by atoms with Crippen LogP contribution < -0.4 is 5.73 Å². The predicted molar refractivity (Wildman–Crippen MR) is 92.4 cm³/mol. The molecule has 0 saturated heterocycles. The summed E-state index contributed by atoms with van der Waals surface area (Å²) in [6.07, 6.45) is 4.90. The molecule has 1 heterocycles. The summed E-state index contributed by atoms with van der Waals surface area (Å²) in [5, 5.41) is 0. The van der Waals surface area contributed by atoms with Gasteiger partial charge < -0.3 is 5.73 Å². The van der Waals surface area contributed by atoms with Crippen LogP contribution in [0.1, 0.15) is 83.7 Å². The number of hydrogen-bond acceptors (Lipinski definition) is 3. The molecule has 0 spiro atoms. The molecule has 0 aliphatic heterocycles. The zero-order valence-corrected chi connectivity index (χ0v) is 15.5. The summed E-state index contributed by atoms with van der Waals surface area (Å²) in [5.41, 5.74) is 7.51. The number of halogens is 1. The van der Waals surface area contributed by atoms with E-state index in [0.717, 1.165) is 21.9 Å². The highest BCUT2D eigenvalue weighted by molar-refractivity contribution is 9.10. The van der Waals surface area contributed by atoms with Gasteiger partial charge in [-0.3, -0.25) is 0 Å². The van der Waals surface area contributed by atoms with Crippen molar-refractivity contribution in [2.24, 2.45) is 11.3 Å². The zero-order chi connectivity index (χ0) is 15.8. The second-order valence-electron chi connectivity index (χ2n) is 7.74. The summed E-state index contributed by atoms with van der Waals surface area (Å²) in [7, 11) is 0. The maximum atomic E-state index is 6.06. The summed E-state index contributed by atoms with van der Waals surface area (Å²) in [6.45, 7) is 11.3. The van der Waals surface area contributed by atoms with Gasteiger partial charge in [-0.05, 0) is 58.9 Å². The summed E-state index contributed by atoms with van der Waals surface area (Å²) in [5.74, 6) is 3.17. The van der Waals surface area contributed by atoms with Gasteiger partial charge in [0, 0.05) is 5.92 Å². The Morgan fingerprint density at radius 1 is 1.10 bits per heavy atom. The molecule has 1 aromatic rings. The van der Waals surface area contributed by atoms with Crippen LogP contribution >= 0.6 is 15.9 Å². The molecule has 1 aliphatic rings. The van der Waals surface area contributed by atoms with E-state index in [1.807, 2.05) is 0 Å². The number of rotatable bonds is 2. The maximum absolute atomic E-state index is 6.06. The van der Waals surface area contributed by atoms with Crippen LogP contribution in [0.3, 0.4) is 0 Å². The lowest BCUT2D eigenvalue weighted by molar-refractivity contribution is 0.167. The van der Waals surface area contributed by atoms with Crippen molar-refractivity contribution in [2.75, 3.05) is 5.73 Å². The van der Waals surface area contributed by atoms with Crippen molar-refractivity contribution in [3.8, 4) is 0 Å². The molecule has 118 valence electrons. The molecule has 0 atom stereocenters. The number of nitrogens with zero attached hydrogens (tertiary/aromatic N) is 2. The normalized spacial score (nSPS) is 23.6. The monoisotopic (exact) mass is 353 g/mol. The van der Waals surface area contributed by atoms with Crippen LogP contribution in [0.25, 0.3) is 0 Å². The van der Waals surface area contributed by atoms with Crippen molar-refractivity contribution < 1.29 is 0 Å². The topological polar surface area (TPSA) is 51.8 Å². The van der Waals surface area contributed by atoms with Crippen molar-refractivity contribution in [3.05, 3.63) is 16.0 Å². The highest BCUT2D eigenvalue weighted by atomic mass is 79.9. The van der Waals surface area contributed by atoms with Crippen LogP contribution in [0.5, 0.6) is 0 Å². The fourth-order valence-electron chi connectivity index (χ4n) is 3.28. The third kappa shape index (κ3) is 3.77. The number of nitrogen functional groups attached to an aromatic ring is 1. The molecule has 3 nitrogen and oxygen atoms in total. The lowest BCUT2D eigenvalue weighted by Crippen LogP contribution is -2.26. The van der Waals surface area contributed by atoms with Crippen LogP contribution in [0, 0.1) is 11.3 Å². The molecule has 0 unspecified atom stereocenters. The van der Waals surface area contributed by atoms with E-state index < -0.39 is 0 Å². The standard InChI is InChI=1S/C17H28BrN3/c1-10(2)14-13(18)15(19)21-16(20-14)11-6-8-12(9-7-11)17(3,4)5/h10-12H,6-9H2,1-5H3,(H2,19,20,21). The quantitative estimate of drug-likeness (QED) is 0.788. The van der Waals surface area contributed by atoms with Gasteiger partial charge in [-0.2, -0.15) is 0 Å². The lowest BCUT2D eigenvalue weighted by atomic mass is 9.69. The van der Waals surface area contributed by atoms with Crippen LogP contribution in [0.4, 0.5) is 5.82 Å². The van der Waals surface area contributed by atoms with Gasteiger partial charge in [0.2, 0.25) is 0 Å². The molecule has 0 amide bonds. The molecule has 0 aromatic carbocycles. The first-order valence-corrected chi connectivity index (χ1v) is 8.82. The Labute approximate surface area is 137 Å². The first kappa shape index (κ1) is 16.7. The van der Waals surface area contributed by atoms with Gasteiger partial charge in [-0.15, -0.1) is 0 Å². The molecular formula is C17H28BrN3. The van der Waals surface area contributed by atoms with E-state index in [-0.39, 0.29) is 0 Å². The Morgan fingerprint density at radius 3 is 2.14 bits per heavy atom. The van der Waals surface area contributed by atoms with Gasteiger partial charge in [-0.25, -0.2) is 9.97 Å². The predicted octanol–water partition coefficient (Wildman–Crippen LogP) is 5.26. The Balaban J connectivity index is 2.17. The molecule has 2 rings (SSSR count). The first-order valence-electron chi connectivity index (χ1n) is 8.03. The zero-order valence-electron chi connectivity index (χ0n) is 13.9. The molecule has 1 aliphatic carbocycles. The summed E-state index contributed by atoms with van der Waals surface area (Å²) in [6, 6.07) is 0. The minimum Gasteiger partial charge on any atom is -0.383 e. The van der Waals surface area contributed by atoms with Gasteiger partial charge in [-0.1, -0.05) is 34.6 Å². The van der Waals surface area contributed by atoms with E-state index in [4.69, 9.17) is 10.7 Å². The summed E-state index contributed by atoms with van der Waals surface area (Å²) >= 11 is 3.52. The van der Waals surface area contributed by atoms with Crippen molar-refractivity contribution in [2.45, 2.75) is 72.1 Å². The van der Waals surface area contributed by atoms with Gasteiger partial charge >= 0.3 is 0 Å². The minimum atomic E-state index is 0.356. The van der Waals surface area contributed by atoms with Gasteiger partial charge in [0.25, 0.3) is 0 Å². The minimum absolute atomic E-state index is 0.356. The molecule has 2 N–H and O–H groups in total. The second-order valence-corrected chi connectivity index (χ2v) is 8.53. The Morgan fingerprint density at radius 2 is 1.67 bits per heavy atom. The van der Waals surface area contributed by atoms with Crippen molar-refractivity contribution >= 4 is 21.7 Å². The fourth-order valence-corrected chi connectivity index (χ4v) is 3.92. The molecule has 1 fully saturated rings. The lowest BCUT2D eigenvalue weighted by Gasteiger charge is -2.36. The van der Waals surface area contributed by atoms with E-state index in [1.165, 1.54) is 25.7 Å². The number of aromatic nitrogens is 2. The SMILES string of the molecule is CC(C)c1nc(C2CCC(C(C)(C)C)CC2)nc(N)c1Br. The maximum Gasteiger partial charge on any atom is 0.141 e. The van der Waals surface area contributed by atoms with E-state index in [0.29, 0.717) is 23.1 Å². The van der Waals surface area contributed by atoms with E-state index in [1.54, 1.807) is 0 Å². The van der Waals surface area contributed by atoms with Gasteiger partial charge in [0.05, 0.1) is 10.2 Å². The smallest absolute Gasteiger partial charge is 0.141 e. The second kappa shape index (κ2) is 6.23. The molecule has 21 heavy (non-hydrogen) atoms. The van der Waals surface area contributed by atoms with Crippen molar-refractivity contribution in [1.82, 2.24) is 9.97 Å². The third-order valence-electron chi connectivity index (χ3n) is 4.78. The first-order chi connectivity index (χ1) is 9.70. The Kier molecular flexibility index (Phi) is 4.96. The molecule has 0 bridgehead atoms. The fraction of sp³-hybridized carbons (Fsp3) is 0.765. The molecule has 4 heteroatoms. The third-order valence-corrected chi connectivity index (χ3v) is 5.60. The van der Waals surface area contributed by atoms with Crippen molar-refractivity contribution in [1.29, 1.82) is 0 Å². The molecular weight excluding hydrogens is 326 g/mol. The largest absolute Gasteiger partial charge is 0.383 e. The van der Waals surface area contributed by atoms with E-state index >= 15 is 0 Å². The summed E-state index contributed by atoms with van der Waals surface area (Å²) < 4.78 is 0.865. The molecule has 0 radical (unpaired) electrons. The van der Waals surface area contributed by atoms with Crippen molar-refractivity contribution in [3.63, 3.8) is 0 Å². The number of nitrogens with two attached hydrogens (primary N) is 1.